The number of carbonyl (C=O) groups is 1. The summed E-state index contributed by atoms with van der Waals surface area (Å²) < 4.78 is 80.8. The van der Waals surface area contributed by atoms with E-state index in [1.807, 2.05) is 36.4 Å². The molecule has 0 aliphatic carbocycles. The third-order valence-electron chi connectivity index (χ3n) is 5.88. The van der Waals surface area contributed by atoms with Crippen molar-refractivity contribution in [3.63, 3.8) is 0 Å². The molecule has 0 aromatic heterocycles. The minimum absolute atomic E-state index is 0.0325. The lowest BCUT2D eigenvalue weighted by molar-refractivity contribution is -0.143. The maximum absolute atomic E-state index is 13.6. The van der Waals surface area contributed by atoms with Gasteiger partial charge in [-0.2, -0.15) is 26.3 Å². The van der Waals surface area contributed by atoms with E-state index in [9.17, 15) is 31.1 Å². The summed E-state index contributed by atoms with van der Waals surface area (Å²) in [7, 11) is -2.80. The zero-order chi connectivity index (χ0) is 26.0. The monoisotopic (exact) mass is 517 g/mol. The normalized spacial score (nSPS) is 12.4. The Morgan fingerprint density at radius 1 is 0.556 bits per heavy atom. The predicted octanol–water partition coefficient (Wildman–Crippen LogP) is 6.90. The van der Waals surface area contributed by atoms with Gasteiger partial charge in [0.15, 0.2) is 0 Å². The summed E-state index contributed by atoms with van der Waals surface area (Å²) in [6.07, 6.45) is -10.4. The Morgan fingerprint density at radius 3 is 1.19 bits per heavy atom. The topological polar surface area (TPSA) is 17.1 Å². The molecule has 36 heavy (non-hydrogen) atoms. The van der Waals surface area contributed by atoms with Crippen LogP contribution in [0.1, 0.15) is 21.5 Å². The third-order valence-corrected chi connectivity index (χ3v) is 10.2. The van der Waals surface area contributed by atoms with Crippen molar-refractivity contribution in [3.8, 4) is 0 Å². The molecule has 0 N–H and O–H groups in total. The van der Waals surface area contributed by atoms with Crippen LogP contribution in [0.25, 0.3) is 0 Å². The molecular formula is C28H20F6OP+. The fourth-order valence-corrected chi connectivity index (χ4v) is 8.29. The highest BCUT2D eigenvalue weighted by molar-refractivity contribution is 7.96. The van der Waals surface area contributed by atoms with E-state index in [0.29, 0.717) is 12.1 Å². The van der Waals surface area contributed by atoms with E-state index in [0.717, 1.165) is 15.9 Å². The van der Waals surface area contributed by atoms with Crippen LogP contribution in [0, 0.1) is 0 Å². The molecule has 0 spiro atoms. The van der Waals surface area contributed by atoms with Crippen molar-refractivity contribution in [2.45, 2.75) is 12.4 Å². The Hall–Kier alpha value is -3.44. The Labute approximate surface area is 204 Å². The summed E-state index contributed by atoms with van der Waals surface area (Å²) in [5.41, 5.74) is -3.64. The second kappa shape index (κ2) is 9.90. The molecule has 4 rings (SSSR count). The van der Waals surface area contributed by atoms with Crippen LogP contribution in [0.5, 0.6) is 0 Å². The lowest BCUT2D eigenvalue weighted by atomic mass is 10.0. The van der Waals surface area contributed by atoms with Crippen LogP contribution in [-0.4, -0.2) is 11.9 Å². The van der Waals surface area contributed by atoms with Crippen LogP contribution in [0.2, 0.25) is 0 Å². The van der Waals surface area contributed by atoms with Gasteiger partial charge in [0, 0.05) is 5.56 Å². The first kappa shape index (κ1) is 25.6. The van der Waals surface area contributed by atoms with Crippen molar-refractivity contribution in [2.75, 3.05) is 6.16 Å². The van der Waals surface area contributed by atoms with Crippen LogP contribution in [0.3, 0.4) is 0 Å². The van der Waals surface area contributed by atoms with Crippen LogP contribution in [0.15, 0.2) is 109 Å². The second-order valence-electron chi connectivity index (χ2n) is 8.19. The molecular weight excluding hydrogens is 497 g/mol. The van der Waals surface area contributed by atoms with Crippen molar-refractivity contribution in [2.24, 2.45) is 0 Å². The van der Waals surface area contributed by atoms with Gasteiger partial charge in [-0.15, -0.1) is 0 Å². The number of carbonyl (C=O) groups excluding carboxylic acids is 1. The standard InChI is InChI=1S/C28H20F6OP/c29-27(30,31)21-16-20(17-22(18-21)28(32,33)34)26(35)19-36(23-10-4-1-5-11-23,24-12-6-2-7-13-24)25-14-8-3-9-15-25/h1-18H,19H2/q+1. The fourth-order valence-electron chi connectivity index (χ4n) is 4.19. The van der Waals surface area contributed by atoms with Crippen LogP contribution in [0.4, 0.5) is 26.3 Å². The number of ketones is 1. The molecule has 0 bridgehead atoms. The Morgan fingerprint density at radius 2 is 0.889 bits per heavy atom. The van der Waals surface area contributed by atoms with Crippen molar-refractivity contribution >= 4 is 29.0 Å². The van der Waals surface area contributed by atoms with E-state index in [-0.39, 0.29) is 12.2 Å². The lowest BCUT2D eigenvalue weighted by Crippen LogP contribution is -2.35. The van der Waals surface area contributed by atoms with Crippen molar-refractivity contribution in [1.82, 2.24) is 0 Å². The molecule has 0 unspecified atom stereocenters. The smallest absolute Gasteiger partial charge is 0.290 e. The van der Waals surface area contributed by atoms with Gasteiger partial charge in [-0.05, 0) is 54.6 Å². The number of Topliss-reactive ketones (excluding diaryl/α,β-unsaturated/α-hetero) is 1. The van der Waals surface area contributed by atoms with E-state index in [1.165, 1.54) is 0 Å². The van der Waals surface area contributed by atoms with E-state index in [1.54, 1.807) is 54.6 Å². The van der Waals surface area contributed by atoms with Gasteiger partial charge in [-0.1, -0.05) is 54.6 Å². The van der Waals surface area contributed by atoms with Crippen molar-refractivity contribution < 1.29 is 31.1 Å². The quantitative estimate of drug-likeness (QED) is 0.155. The average Bonchev–Trinajstić information content (AvgIpc) is 2.87. The summed E-state index contributed by atoms with van der Waals surface area (Å²) in [4.78, 5) is 13.6. The minimum Gasteiger partial charge on any atom is -0.290 e. The number of alkyl halides is 6. The zero-order valence-electron chi connectivity index (χ0n) is 18.7. The van der Waals surface area contributed by atoms with Gasteiger partial charge in [0.05, 0.1) is 11.1 Å². The summed E-state index contributed by atoms with van der Waals surface area (Å²) >= 11 is 0. The summed E-state index contributed by atoms with van der Waals surface area (Å²) in [5, 5.41) is 2.37. The van der Waals surface area contributed by atoms with Crippen molar-refractivity contribution in [1.29, 1.82) is 0 Å². The molecule has 4 aromatic carbocycles. The zero-order valence-corrected chi connectivity index (χ0v) is 19.6. The molecule has 4 aromatic rings. The third kappa shape index (κ3) is 5.21. The molecule has 0 aliphatic heterocycles. The average molecular weight is 517 g/mol. The van der Waals surface area contributed by atoms with Crippen LogP contribution < -0.4 is 15.9 Å². The first-order valence-electron chi connectivity index (χ1n) is 10.9. The number of rotatable bonds is 6. The summed E-state index contributed by atoms with van der Waals surface area (Å²) in [5.74, 6) is -0.795. The SMILES string of the molecule is O=C(C[P+](c1ccccc1)(c1ccccc1)c1ccccc1)c1cc(C(F)(F)F)cc(C(F)(F)F)c1. The number of halogens is 6. The van der Waals surface area contributed by atoms with Gasteiger partial charge < -0.3 is 0 Å². The maximum Gasteiger partial charge on any atom is 0.416 e. The molecule has 0 atom stereocenters. The highest BCUT2D eigenvalue weighted by Crippen LogP contribution is 2.55. The summed E-state index contributed by atoms with van der Waals surface area (Å²) in [6.45, 7) is 0. The van der Waals surface area contributed by atoms with Crippen molar-refractivity contribution in [3.05, 3.63) is 126 Å². The molecule has 0 amide bonds. The molecule has 8 heteroatoms. The number of hydrogen-bond donors (Lipinski definition) is 0. The largest absolute Gasteiger partial charge is 0.416 e. The Kier molecular flexibility index (Phi) is 7.05. The highest BCUT2D eigenvalue weighted by Gasteiger charge is 2.48. The second-order valence-corrected chi connectivity index (χ2v) is 11.7. The van der Waals surface area contributed by atoms with E-state index >= 15 is 0 Å². The maximum atomic E-state index is 13.6. The number of benzene rings is 4. The van der Waals surface area contributed by atoms with Crippen LogP contribution in [-0.2, 0) is 12.4 Å². The van der Waals surface area contributed by atoms with Gasteiger partial charge in [0.2, 0.25) is 5.78 Å². The molecule has 0 saturated heterocycles. The van der Waals surface area contributed by atoms with E-state index in [4.69, 9.17) is 0 Å². The molecule has 0 radical (unpaired) electrons. The molecule has 0 heterocycles. The van der Waals surface area contributed by atoms with Gasteiger partial charge in [0.1, 0.15) is 29.3 Å². The Balaban J connectivity index is 1.94. The van der Waals surface area contributed by atoms with Gasteiger partial charge in [-0.25, -0.2) is 0 Å². The van der Waals surface area contributed by atoms with E-state index in [2.05, 4.69) is 0 Å². The van der Waals surface area contributed by atoms with Crippen LogP contribution >= 0.6 is 7.26 Å². The summed E-state index contributed by atoms with van der Waals surface area (Å²) in [6, 6.07) is 28.3. The number of hydrogen-bond acceptors (Lipinski definition) is 1. The Bertz CT molecular complexity index is 1200. The van der Waals surface area contributed by atoms with Gasteiger partial charge in [-0.3, -0.25) is 4.79 Å². The molecule has 184 valence electrons. The van der Waals surface area contributed by atoms with E-state index < -0.39 is 42.1 Å². The first-order chi connectivity index (χ1) is 17.0. The minimum atomic E-state index is -5.04. The molecule has 0 aliphatic rings. The van der Waals surface area contributed by atoms with Gasteiger partial charge >= 0.3 is 12.4 Å². The lowest BCUT2D eigenvalue weighted by Gasteiger charge is -2.27. The highest BCUT2D eigenvalue weighted by atomic mass is 31.2. The fraction of sp³-hybridized carbons (Fsp3) is 0.107. The molecule has 0 fully saturated rings. The molecule has 0 saturated carbocycles. The first-order valence-corrected chi connectivity index (χ1v) is 12.9. The predicted molar refractivity (Wildman–Crippen MR) is 131 cm³/mol. The molecule has 1 nitrogen and oxygen atoms in total. The van der Waals surface area contributed by atoms with Gasteiger partial charge in [0.25, 0.3) is 0 Å².